The van der Waals surface area contributed by atoms with Gasteiger partial charge in [0.05, 0.1) is 13.2 Å². The molecule has 1 saturated carbocycles. The molecule has 1 atom stereocenters. The van der Waals surface area contributed by atoms with Crippen molar-refractivity contribution in [2.24, 2.45) is 13.0 Å². The van der Waals surface area contributed by atoms with E-state index in [9.17, 15) is 5.11 Å². The summed E-state index contributed by atoms with van der Waals surface area (Å²) < 4.78 is 2.03. The number of aliphatic hydroxyl groups excluding tert-OH is 1. The fourth-order valence-electron chi connectivity index (χ4n) is 2.92. The van der Waals surface area contributed by atoms with Crippen LogP contribution in [-0.2, 0) is 20.1 Å². The third-order valence-corrected chi connectivity index (χ3v) is 4.58. The molecule has 5 nitrogen and oxygen atoms in total. The molecule has 0 bridgehead atoms. The molecule has 1 unspecified atom stereocenters. The maximum absolute atomic E-state index is 9.85. The van der Waals surface area contributed by atoms with Gasteiger partial charge < -0.3 is 9.67 Å². The number of benzene rings is 1. The fraction of sp³-hybridized carbons (Fsp3) is 0.529. The maximum Gasteiger partial charge on any atom is 0.146 e. The molecule has 0 saturated heterocycles. The molecule has 1 aliphatic carbocycles. The molecule has 22 heavy (non-hydrogen) atoms. The van der Waals surface area contributed by atoms with Gasteiger partial charge in [0.2, 0.25) is 0 Å². The first-order valence-corrected chi connectivity index (χ1v) is 7.92. The van der Waals surface area contributed by atoms with Gasteiger partial charge in [0.25, 0.3) is 0 Å². The second-order valence-corrected chi connectivity index (χ2v) is 6.20. The molecular weight excluding hydrogens is 276 g/mol. The Kier molecular flexibility index (Phi) is 4.55. The van der Waals surface area contributed by atoms with Gasteiger partial charge in [0.1, 0.15) is 11.6 Å². The number of aliphatic hydroxyl groups is 1. The van der Waals surface area contributed by atoms with Gasteiger partial charge in [-0.05, 0) is 31.2 Å². The molecule has 1 aromatic heterocycles. The SMILES string of the molecule is Cc1nnc(CN(Cc2ccccc2)C(CO)C2CC2)n1C. The molecule has 0 spiro atoms. The van der Waals surface area contributed by atoms with Crippen molar-refractivity contribution < 1.29 is 5.11 Å². The Balaban J connectivity index is 1.80. The fourth-order valence-corrected chi connectivity index (χ4v) is 2.92. The Morgan fingerprint density at radius 2 is 1.95 bits per heavy atom. The summed E-state index contributed by atoms with van der Waals surface area (Å²) in [6, 6.07) is 10.6. The normalized spacial score (nSPS) is 16.2. The number of rotatable bonds is 7. The van der Waals surface area contributed by atoms with Crippen LogP contribution in [0.5, 0.6) is 0 Å². The first kappa shape index (κ1) is 15.2. The third-order valence-electron chi connectivity index (χ3n) is 4.58. The molecule has 118 valence electrons. The summed E-state index contributed by atoms with van der Waals surface area (Å²) in [7, 11) is 2.00. The standard InChI is InChI=1S/C17H24N4O/c1-13-18-19-17(20(13)2)11-21(16(12-22)15-8-9-15)10-14-6-4-3-5-7-14/h3-7,15-16,22H,8-12H2,1-2H3. The van der Waals surface area contributed by atoms with Gasteiger partial charge in [0, 0.05) is 19.6 Å². The van der Waals surface area contributed by atoms with Crippen molar-refractivity contribution in [1.82, 2.24) is 19.7 Å². The first-order valence-electron chi connectivity index (χ1n) is 7.92. The van der Waals surface area contributed by atoms with Crippen LogP contribution in [0.1, 0.15) is 30.1 Å². The van der Waals surface area contributed by atoms with Crippen molar-refractivity contribution in [1.29, 1.82) is 0 Å². The third kappa shape index (κ3) is 3.36. The monoisotopic (exact) mass is 300 g/mol. The number of nitrogens with zero attached hydrogens (tertiary/aromatic N) is 4. The Morgan fingerprint density at radius 1 is 1.23 bits per heavy atom. The van der Waals surface area contributed by atoms with Gasteiger partial charge in [-0.2, -0.15) is 0 Å². The number of hydrogen-bond donors (Lipinski definition) is 1. The van der Waals surface area contributed by atoms with Crippen LogP contribution < -0.4 is 0 Å². The summed E-state index contributed by atoms with van der Waals surface area (Å²) in [5, 5.41) is 18.3. The lowest BCUT2D eigenvalue weighted by atomic mass is 10.1. The van der Waals surface area contributed by atoms with Crippen molar-refractivity contribution >= 4 is 0 Å². The summed E-state index contributed by atoms with van der Waals surface area (Å²) >= 11 is 0. The van der Waals surface area contributed by atoms with Crippen molar-refractivity contribution in [3.8, 4) is 0 Å². The zero-order valence-electron chi connectivity index (χ0n) is 13.3. The van der Waals surface area contributed by atoms with Gasteiger partial charge in [-0.25, -0.2) is 0 Å². The van der Waals surface area contributed by atoms with Crippen LogP contribution in [0, 0.1) is 12.8 Å². The molecule has 0 aliphatic heterocycles. The van der Waals surface area contributed by atoms with E-state index in [0.29, 0.717) is 12.5 Å². The minimum Gasteiger partial charge on any atom is -0.395 e. The minimum atomic E-state index is 0.203. The van der Waals surface area contributed by atoms with Crippen molar-refractivity contribution in [3.63, 3.8) is 0 Å². The molecule has 1 N–H and O–H groups in total. The zero-order chi connectivity index (χ0) is 15.5. The quantitative estimate of drug-likeness (QED) is 0.848. The van der Waals surface area contributed by atoms with Gasteiger partial charge in [-0.15, -0.1) is 10.2 Å². The highest BCUT2D eigenvalue weighted by Crippen LogP contribution is 2.36. The van der Waals surface area contributed by atoms with Crippen LogP contribution in [0.25, 0.3) is 0 Å². The summed E-state index contributed by atoms with van der Waals surface area (Å²) in [6.45, 7) is 3.71. The first-order chi connectivity index (χ1) is 10.7. The van der Waals surface area contributed by atoms with Crippen molar-refractivity contribution in [2.75, 3.05) is 6.61 Å². The van der Waals surface area contributed by atoms with E-state index in [2.05, 4.69) is 39.4 Å². The average molecular weight is 300 g/mol. The van der Waals surface area contributed by atoms with E-state index in [4.69, 9.17) is 0 Å². The van der Waals surface area contributed by atoms with Gasteiger partial charge in [0.15, 0.2) is 0 Å². The molecule has 0 amide bonds. The van der Waals surface area contributed by atoms with Crippen LogP contribution >= 0.6 is 0 Å². The predicted octanol–water partition coefficient (Wildman–Crippen LogP) is 1.90. The van der Waals surface area contributed by atoms with Crippen LogP contribution in [0.2, 0.25) is 0 Å². The highest BCUT2D eigenvalue weighted by molar-refractivity contribution is 5.15. The molecule has 1 heterocycles. The number of hydrogen-bond acceptors (Lipinski definition) is 4. The molecule has 3 rings (SSSR count). The van der Waals surface area contributed by atoms with Crippen molar-refractivity contribution in [2.45, 2.75) is 38.9 Å². The minimum absolute atomic E-state index is 0.203. The predicted molar refractivity (Wildman–Crippen MR) is 85.0 cm³/mol. The second-order valence-electron chi connectivity index (χ2n) is 6.20. The summed E-state index contributed by atoms with van der Waals surface area (Å²) in [6.07, 6.45) is 2.43. The second kappa shape index (κ2) is 6.58. The average Bonchev–Trinajstić information content (AvgIpc) is 3.31. The largest absolute Gasteiger partial charge is 0.395 e. The van der Waals surface area contributed by atoms with E-state index in [1.165, 1.54) is 18.4 Å². The number of aromatic nitrogens is 3. The molecule has 1 aromatic carbocycles. The van der Waals surface area contributed by atoms with E-state index in [-0.39, 0.29) is 12.6 Å². The molecule has 2 aromatic rings. The molecule has 5 heteroatoms. The molecule has 1 fully saturated rings. The number of aryl methyl sites for hydroxylation is 1. The van der Waals surface area contributed by atoms with Gasteiger partial charge in [-0.1, -0.05) is 30.3 Å². The van der Waals surface area contributed by atoms with Crippen LogP contribution in [0.3, 0.4) is 0 Å². The summed E-state index contributed by atoms with van der Waals surface area (Å²) in [5.74, 6) is 2.48. The van der Waals surface area contributed by atoms with E-state index in [0.717, 1.165) is 18.2 Å². The smallest absolute Gasteiger partial charge is 0.146 e. The molecule has 0 radical (unpaired) electrons. The topological polar surface area (TPSA) is 54.2 Å². The van der Waals surface area contributed by atoms with Crippen LogP contribution in [0.15, 0.2) is 30.3 Å². The highest BCUT2D eigenvalue weighted by Gasteiger charge is 2.35. The lowest BCUT2D eigenvalue weighted by molar-refractivity contribution is 0.0913. The highest BCUT2D eigenvalue weighted by atomic mass is 16.3. The van der Waals surface area contributed by atoms with Crippen molar-refractivity contribution in [3.05, 3.63) is 47.5 Å². The van der Waals surface area contributed by atoms with E-state index in [1.807, 2.05) is 24.6 Å². The Labute approximate surface area is 131 Å². The molecule has 1 aliphatic rings. The van der Waals surface area contributed by atoms with Crippen LogP contribution in [0.4, 0.5) is 0 Å². The Bertz CT molecular complexity index is 606. The Morgan fingerprint density at radius 3 is 2.50 bits per heavy atom. The van der Waals surface area contributed by atoms with E-state index in [1.54, 1.807) is 0 Å². The van der Waals surface area contributed by atoms with Crippen LogP contribution in [-0.4, -0.2) is 37.4 Å². The zero-order valence-corrected chi connectivity index (χ0v) is 13.3. The lowest BCUT2D eigenvalue weighted by Crippen LogP contribution is -2.39. The van der Waals surface area contributed by atoms with Gasteiger partial charge in [-0.3, -0.25) is 4.90 Å². The summed E-state index contributed by atoms with van der Waals surface area (Å²) in [5.41, 5.74) is 1.26. The van der Waals surface area contributed by atoms with E-state index >= 15 is 0 Å². The molecular formula is C17H24N4O. The van der Waals surface area contributed by atoms with Gasteiger partial charge >= 0.3 is 0 Å². The lowest BCUT2D eigenvalue weighted by Gasteiger charge is -2.30. The maximum atomic E-state index is 9.85. The Hall–Kier alpha value is -1.72. The van der Waals surface area contributed by atoms with E-state index < -0.39 is 0 Å². The summed E-state index contributed by atoms with van der Waals surface area (Å²) in [4.78, 5) is 2.34.